The zero-order chi connectivity index (χ0) is 45.3. The lowest BCUT2D eigenvalue weighted by Crippen LogP contribution is -2.26. The molecule has 1 aliphatic heterocycles. The topological polar surface area (TPSA) is 33.5 Å². The second-order valence-corrected chi connectivity index (χ2v) is 20.6. The van der Waals surface area contributed by atoms with Gasteiger partial charge in [0.2, 0.25) is 0 Å². The Kier molecular flexibility index (Phi) is 10.2. The highest BCUT2D eigenvalue weighted by Crippen LogP contribution is 2.52. The van der Waals surface area contributed by atoms with Crippen molar-refractivity contribution in [2.45, 2.75) is 78.6 Å². The standard InChI is InChI=1S/C60H58N4O/c1-58(2,3)42-30-31-61-56(36-42)64-52-25-17-16-24-48(52)49-29-28-46(38-55(49)64)65-47-33-43(59(4,5)6)32-45(37-47)62-39-63(54-27-19-18-26-53(54)62)57-50(40-20-12-10-13-21-40)34-44(60(7,8)9)35-51(57)41-22-14-11-15-23-41/h10-38H,39H2,1-9H3. The molecule has 5 heteroatoms. The van der Waals surface area contributed by atoms with E-state index in [4.69, 9.17) is 9.72 Å². The molecule has 7 aromatic carbocycles. The minimum absolute atomic E-state index is 0.0152. The summed E-state index contributed by atoms with van der Waals surface area (Å²) < 4.78 is 9.29. The first-order valence-electron chi connectivity index (χ1n) is 22.9. The van der Waals surface area contributed by atoms with Crippen LogP contribution in [-0.4, -0.2) is 16.2 Å². The smallest absolute Gasteiger partial charge is 0.137 e. The lowest BCUT2D eigenvalue weighted by molar-refractivity contribution is 0.479. The van der Waals surface area contributed by atoms with E-state index in [1.807, 2.05) is 6.20 Å². The molecule has 0 amide bonds. The van der Waals surface area contributed by atoms with Gasteiger partial charge in [0, 0.05) is 45.9 Å². The summed E-state index contributed by atoms with van der Waals surface area (Å²) in [6.07, 6.45) is 1.93. The maximum Gasteiger partial charge on any atom is 0.137 e. The first kappa shape index (κ1) is 41.9. The molecule has 0 fully saturated rings. The van der Waals surface area contributed by atoms with Crippen LogP contribution in [-0.2, 0) is 16.2 Å². The van der Waals surface area contributed by atoms with Gasteiger partial charge in [0.1, 0.15) is 24.0 Å². The van der Waals surface area contributed by atoms with Gasteiger partial charge in [0.05, 0.1) is 28.1 Å². The number of pyridine rings is 1. The maximum absolute atomic E-state index is 7.01. The first-order valence-corrected chi connectivity index (χ1v) is 22.9. The zero-order valence-corrected chi connectivity index (χ0v) is 39.1. The summed E-state index contributed by atoms with van der Waals surface area (Å²) in [5.41, 5.74) is 15.1. The lowest BCUT2D eigenvalue weighted by atomic mass is 9.82. The van der Waals surface area contributed by atoms with Gasteiger partial charge in [-0.15, -0.1) is 0 Å². The monoisotopic (exact) mass is 850 g/mol. The molecular formula is C60H58N4O. The van der Waals surface area contributed by atoms with Crippen LogP contribution < -0.4 is 14.5 Å². The fraction of sp³-hybridized carbons (Fsp3) is 0.217. The van der Waals surface area contributed by atoms with E-state index in [0.717, 1.165) is 50.8 Å². The van der Waals surface area contributed by atoms with Crippen LogP contribution in [0.5, 0.6) is 11.5 Å². The van der Waals surface area contributed by atoms with Gasteiger partial charge in [-0.05, 0) is 111 Å². The number of fused-ring (bicyclic) bond motifs is 4. The second kappa shape index (κ2) is 15.8. The second-order valence-electron chi connectivity index (χ2n) is 20.6. The fourth-order valence-corrected chi connectivity index (χ4v) is 9.30. The summed E-state index contributed by atoms with van der Waals surface area (Å²) in [7, 11) is 0. The van der Waals surface area contributed by atoms with Crippen LogP contribution in [0.2, 0.25) is 0 Å². The molecule has 0 bridgehead atoms. The van der Waals surface area contributed by atoms with Crippen LogP contribution in [0, 0.1) is 0 Å². The largest absolute Gasteiger partial charge is 0.457 e. The van der Waals surface area contributed by atoms with E-state index >= 15 is 0 Å². The van der Waals surface area contributed by atoms with Gasteiger partial charge in [0.15, 0.2) is 0 Å². The number of hydrogen-bond acceptors (Lipinski definition) is 4. The van der Waals surface area contributed by atoms with E-state index in [1.54, 1.807) is 0 Å². The Hall–Kier alpha value is -7.11. The summed E-state index contributed by atoms with van der Waals surface area (Å²) in [5, 5.41) is 2.35. The summed E-state index contributed by atoms with van der Waals surface area (Å²) >= 11 is 0. The van der Waals surface area contributed by atoms with Crippen molar-refractivity contribution in [3.63, 3.8) is 0 Å². The van der Waals surface area contributed by atoms with Crippen molar-refractivity contribution >= 4 is 44.6 Å². The van der Waals surface area contributed by atoms with Crippen molar-refractivity contribution in [3.05, 3.63) is 193 Å². The third-order valence-corrected chi connectivity index (χ3v) is 13.0. The van der Waals surface area contributed by atoms with Crippen molar-refractivity contribution in [2.24, 2.45) is 0 Å². The number of para-hydroxylation sites is 3. The SMILES string of the molecule is CC(C)(C)c1cc(Oc2ccc3c4ccccc4n(-c4cc(C(C)(C)C)ccn4)c3c2)cc(N2CN(c3c(-c4ccccc4)cc(C(C)(C)C)cc3-c3ccccc3)c3ccccc32)c1. The molecule has 1 aliphatic rings. The van der Waals surface area contributed by atoms with Gasteiger partial charge in [0.25, 0.3) is 0 Å². The molecule has 0 saturated heterocycles. The average Bonchev–Trinajstić information content (AvgIpc) is 3.84. The van der Waals surface area contributed by atoms with Crippen LogP contribution in [0.1, 0.15) is 79.0 Å². The minimum Gasteiger partial charge on any atom is -0.457 e. The molecule has 9 aromatic rings. The molecule has 0 unspecified atom stereocenters. The Bertz CT molecular complexity index is 3160. The van der Waals surface area contributed by atoms with Crippen molar-refractivity contribution in [1.82, 2.24) is 9.55 Å². The predicted molar refractivity (Wildman–Crippen MR) is 274 cm³/mol. The summed E-state index contributed by atoms with van der Waals surface area (Å²) in [6.45, 7) is 21.1. The third-order valence-electron chi connectivity index (χ3n) is 13.0. The molecule has 0 aliphatic carbocycles. The molecule has 3 heterocycles. The number of benzene rings is 7. The van der Waals surface area contributed by atoms with Crippen LogP contribution in [0.3, 0.4) is 0 Å². The quantitative estimate of drug-likeness (QED) is 0.160. The molecule has 5 nitrogen and oxygen atoms in total. The van der Waals surface area contributed by atoms with Crippen molar-refractivity contribution in [3.8, 4) is 39.6 Å². The maximum atomic E-state index is 7.01. The number of ether oxygens (including phenoxy) is 1. The summed E-state index contributed by atoms with van der Waals surface area (Å²) in [5.74, 6) is 2.46. The first-order chi connectivity index (χ1) is 31.1. The van der Waals surface area contributed by atoms with Crippen LogP contribution in [0.15, 0.2) is 176 Å². The van der Waals surface area contributed by atoms with Gasteiger partial charge in [-0.25, -0.2) is 4.98 Å². The molecule has 0 saturated carbocycles. The highest BCUT2D eigenvalue weighted by atomic mass is 16.5. The van der Waals surface area contributed by atoms with Crippen LogP contribution in [0.25, 0.3) is 49.9 Å². The highest BCUT2D eigenvalue weighted by Gasteiger charge is 2.33. The number of nitrogens with zero attached hydrogens (tertiary/aromatic N) is 4. The molecule has 0 radical (unpaired) electrons. The van der Waals surface area contributed by atoms with E-state index in [2.05, 4.69) is 247 Å². The molecular weight excluding hydrogens is 793 g/mol. The molecule has 2 aromatic heterocycles. The van der Waals surface area contributed by atoms with Crippen molar-refractivity contribution < 1.29 is 4.74 Å². The van der Waals surface area contributed by atoms with Gasteiger partial charge < -0.3 is 14.5 Å². The fourth-order valence-electron chi connectivity index (χ4n) is 9.30. The average molecular weight is 851 g/mol. The molecule has 324 valence electrons. The van der Waals surface area contributed by atoms with Gasteiger partial charge in [-0.1, -0.05) is 153 Å². The van der Waals surface area contributed by atoms with Crippen LogP contribution in [0.4, 0.5) is 22.7 Å². The molecule has 65 heavy (non-hydrogen) atoms. The van der Waals surface area contributed by atoms with E-state index in [1.165, 1.54) is 50.0 Å². The van der Waals surface area contributed by atoms with E-state index in [0.29, 0.717) is 6.67 Å². The summed E-state index contributed by atoms with van der Waals surface area (Å²) in [6, 6.07) is 61.6. The predicted octanol–water partition coefficient (Wildman–Crippen LogP) is 16.4. The third kappa shape index (κ3) is 7.84. The zero-order valence-electron chi connectivity index (χ0n) is 39.1. The Morgan fingerprint density at radius 1 is 0.446 bits per heavy atom. The minimum atomic E-state index is -0.142. The van der Waals surface area contributed by atoms with Crippen LogP contribution >= 0.6 is 0 Å². The van der Waals surface area contributed by atoms with E-state index in [-0.39, 0.29) is 16.2 Å². The number of anilines is 4. The Morgan fingerprint density at radius 2 is 1.00 bits per heavy atom. The number of aromatic nitrogens is 2. The Labute approximate surface area is 384 Å². The van der Waals surface area contributed by atoms with Crippen molar-refractivity contribution in [2.75, 3.05) is 16.5 Å². The number of rotatable bonds is 7. The molecule has 10 rings (SSSR count). The van der Waals surface area contributed by atoms with Gasteiger partial charge in [-0.2, -0.15) is 0 Å². The normalized spacial score (nSPS) is 13.2. The van der Waals surface area contributed by atoms with Gasteiger partial charge >= 0.3 is 0 Å². The van der Waals surface area contributed by atoms with E-state index in [9.17, 15) is 0 Å². The molecule has 0 N–H and O–H groups in total. The summed E-state index contributed by atoms with van der Waals surface area (Å²) in [4.78, 5) is 9.89. The van der Waals surface area contributed by atoms with Crippen molar-refractivity contribution in [1.29, 1.82) is 0 Å². The van der Waals surface area contributed by atoms with Gasteiger partial charge in [-0.3, -0.25) is 4.57 Å². The Balaban J connectivity index is 1.10. The lowest BCUT2D eigenvalue weighted by Gasteiger charge is -2.30. The van der Waals surface area contributed by atoms with E-state index < -0.39 is 0 Å². The highest BCUT2D eigenvalue weighted by molar-refractivity contribution is 6.09. The Morgan fingerprint density at radius 3 is 1.63 bits per heavy atom. The molecule has 0 spiro atoms. The number of hydrogen-bond donors (Lipinski definition) is 0. The molecule has 0 atom stereocenters.